The highest BCUT2D eigenvalue weighted by atomic mass is 19.1. The third-order valence-electron chi connectivity index (χ3n) is 4.29. The average molecular weight is 319 g/mol. The summed E-state index contributed by atoms with van der Waals surface area (Å²) in [6.45, 7) is 2.87. The fraction of sp³-hybridized carbons (Fsp3) is 0.500. The lowest BCUT2D eigenvalue weighted by atomic mass is 10.1. The third kappa shape index (κ3) is 4.62. The molecule has 1 aromatic carbocycles. The molecule has 0 N–H and O–H groups in total. The highest BCUT2D eigenvalue weighted by Gasteiger charge is 2.26. The second-order valence-electron chi connectivity index (χ2n) is 6.03. The molecule has 1 atom stereocenters. The molecule has 1 aromatic rings. The minimum Gasteiger partial charge on any atom is -0.379 e. The van der Waals surface area contributed by atoms with Gasteiger partial charge < -0.3 is 14.4 Å². The molecular weight excluding hydrogens is 297 g/mol. The molecule has 124 valence electrons. The van der Waals surface area contributed by atoms with Crippen molar-refractivity contribution in [1.82, 2.24) is 4.90 Å². The van der Waals surface area contributed by atoms with E-state index in [0.717, 1.165) is 25.9 Å². The van der Waals surface area contributed by atoms with Crippen molar-refractivity contribution in [2.75, 3.05) is 26.3 Å². The summed E-state index contributed by atoms with van der Waals surface area (Å²) in [6, 6.07) is 6.21. The normalized spacial score (nSPS) is 22.8. The molecule has 0 bridgehead atoms. The molecule has 5 heteroatoms. The van der Waals surface area contributed by atoms with Crippen molar-refractivity contribution in [2.45, 2.75) is 31.5 Å². The minimum atomic E-state index is -0.298. The Hall–Kier alpha value is -1.72. The number of halogens is 1. The molecule has 2 aliphatic rings. The van der Waals surface area contributed by atoms with Gasteiger partial charge >= 0.3 is 0 Å². The number of piperidine rings is 1. The van der Waals surface area contributed by atoms with Crippen molar-refractivity contribution in [1.29, 1.82) is 0 Å². The first kappa shape index (κ1) is 16.1. The molecule has 2 saturated heterocycles. The monoisotopic (exact) mass is 319 g/mol. The Labute approximate surface area is 135 Å². The number of carbonyl (C=O) groups is 1. The number of hydrogen-bond acceptors (Lipinski definition) is 3. The van der Waals surface area contributed by atoms with Gasteiger partial charge in [-0.15, -0.1) is 0 Å². The van der Waals surface area contributed by atoms with Crippen LogP contribution in [0, 0.1) is 5.82 Å². The Morgan fingerprint density at radius 1 is 1.26 bits per heavy atom. The Balaban J connectivity index is 1.46. The van der Waals surface area contributed by atoms with E-state index < -0.39 is 0 Å². The van der Waals surface area contributed by atoms with Gasteiger partial charge in [-0.25, -0.2) is 4.39 Å². The molecule has 1 amide bonds. The zero-order valence-corrected chi connectivity index (χ0v) is 13.1. The molecule has 2 heterocycles. The van der Waals surface area contributed by atoms with E-state index in [1.54, 1.807) is 18.2 Å². The van der Waals surface area contributed by atoms with E-state index in [-0.39, 0.29) is 23.9 Å². The van der Waals surface area contributed by atoms with Crippen LogP contribution >= 0.6 is 0 Å². The van der Waals surface area contributed by atoms with Crippen LogP contribution in [0.15, 0.2) is 30.3 Å². The number of rotatable bonds is 4. The minimum absolute atomic E-state index is 0.0306. The maximum atomic E-state index is 13.1. The first-order chi connectivity index (χ1) is 11.2. The van der Waals surface area contributed by atoms with Crippen LogP contribution in [-0.4, -0.2) is 49.3 Å². The van der Waals surface area contributed by atoms with Crippen LogP contribution in [0.25, 0.3) is 6.08 Å². The number of hydrogen-bond donors (Lipinski definition) is 0. The van der Waals surface area contributed by atoms with Gasteiger partial charge in [0.1, 0.15) is 5.82 Å². The Bertz CT molecular complexity index is 561. The molecule has 1 unspecified atom stereocenters. The van der Waals surface area contributed by atoms with Crippen LogP contribution in [0.3, 0.4) is 0 Å². The second-order valence-corrected chi connectivity index (χ2v) is 6.03. The highest BCUT2D eigenvalue weighted by molar-refractivity contribution is 5.91. The van der Waals surface area contributed by atoms with E-state index in [1.807, 2.05) is 4.90 Å². The summed E-state index contributed by atoms with van der Waals surface area (Å²) in [4.78, 5) is 14.0. The van der Waals surface area contributed by atoms with Crippen molar-refractivity contribution in [2.24, 2.45) is 0 Å². The molecular formula is C18H22FNO3. The van der Waals surface area contributed by atoms with Crippen molar-refractivity contribution in [3.8, 4) is 0 Å². The molecule has 0 saturated carbocycles. The zero-order chi connectivity index (χ0) is 16.1. The van der Waals surface area contributed by atoms with Crippen LogP contribution in [0.5, 0.6) is 0 Å². The van der Waals surface area contributed by atoms with Gasteiger partial charge in [0.15, 0.2) is 0 Å². The number of benzene rings is 1. The van der Waals surface area contributed by atoms with Gasteiger partial charge in [-0.2, -0.15) is 0 Å². The lowest BCUT2D eigenvalue weighted by Crippen LogP contribution is -2.41. The first-order valence-electron chi connectivity index (χ1n) is 8.16. The summed E-state index contributed by atoms with van der Waals surface area (Å²) >= 11 is 0. The summed E-state index contributed by atoms with van der Waals surface area (Å²) < 4.78 is 24.4. The molecule has 0 spiro atoms. The third-order valence-corrected chi connectivity index (χ3v) is 4.29. The van der Waals surface area contributed by atoms with E-state index in [9.17, 15) is 9.18 Å². The van der Waals surface area contributed by atoms with Crippen LogP contribution in [-0.2, 0) is 14.3 Å². The maximum Gasteiger partial charge on any atom is 0.246 e. The molecule has 3 rings (SSSR count). The Morgan fingerprint density at radius 3 is 2.78 bits per heavy atom. The smallest absolute Gasteiger partial charge is 0.246 e. The predicted molar refractivity (Wildman–Crippen MR) is 85.3 cm³/mol. The van der Waals surface area contributed by atoms with Gasteiger partial charge in [0, 0.05) is 25.8 Å². The van der Waals surface area contributed by atoms with E-state index >= 15 is 0 Å². The fourth-order valence-electron chi connectivity index (χ4n) is 2.99. The van der Waals surface area contributed by atoms with Gasteiger partial charge in [-0.1, -0.05) is 12.1 Å². The molecule has 4 nitrogen and oxygen atoms in total. The van der Waals surface area contributed by atoms with Crippen molar-refractivity contribution in [3.63, 3.8) is 0 Å². The summed E-state index contributed by atoms with van der Waals surface area (Å²) in [7, 11) is 0. The number of carbonyl (C=O) groups excluding carboxylic acids is 1. The van der Waals surface area contributed by atoms with Crippen LogP contribution in [0.4, 0.5) is 4.39 Å². The lowest BCUT2D eigenvalue weighted by molar-refractivity contribution is -0.129. The van der Waals surface area contributed by atoms with Crippen LogP contribution < -0.4 is 0 Å². The molecule has 2 fully saturated rings. The summed E-state index contributed by atoms with van der Waals surface area (Å²) in [5.74, 6) is -0.328. The summed E-state index contributed by atoms with van der Waals surface area (Å²) in [5, 5.41) is 0. The summed E-state index contributed by atoms with van der Waals surface area (Å²) in [6.07, 6.45) is 6.29. The Morgan fingerprint density at radius 2 is 2.09 bits per heavy atom. The SMILES string of the molecule is O=C(C=Cc1cccc(F)c1)N1CCC(OC2CCOC2)CC1. The van der Waals surface area contributed by atoms with E-state index in [1.165, 1.54) is 18.2 Å². The van der Waals surface area contributed by atoms with Gasteiger partial charge in [-0.3, -0.25) is 4.79 Å². The lowest BCUT2D eigenvalue weighted by Gasteiger charge is -2.32. The van der Waals surface area contributed by atoms with E-state index in [4.69, 9.17) is 9.47 Å². The van der Waals surface area contributed by atoms with Crippen molar-refractivity contribution >= 4 is 12.0 Å². The van der Waals surface area contributed by atoms with Crippen molar-refractivity contribution in [3.05, 3.63) is 41.7 Å². The highest BCUT2D eigenvalue weighted by Crippen LogP contribution is 2.19. The van der Waals surface area contributed by atoms with Crippen molar-refractivity contribution < 1.29 is 18.7 Å². The molecule has 2 aliphatic heterocycles. The molecule has 0 radical (unpaired) electrons. The van der Waals surface area contributed by atoms with Gasteiger partial charge in [0.2, 0.25) is 5.91 Å². The maximum absolute atomic E-state index is 13.1. The predicted octanol–water partition coefficient (Wildman–Crippen LogP) is 2.64. The zero-order valence-electron chi connectivity index (χ0n) is 13.1. The standard InChI is InChI=1S/C18H22FNO3/c19-15-3-1-2-14(12-15)4-5-18(21)20-9-6-16(7-10-20)23-17-8-11-22-13-17/h1-5,12,16-17H,6-11,13H2. The van der Waals surface area contributed by atoms with E-state index in [0.29, 0.717) is 25.3 Å². The molecule has 0 aliphatic carbocycles. The molecule has 23 heavy (non-hydrogen) atoms. The van der Waals surface area contributed by atoms with Crippen LogP contribution in [0.1, 0.15) is 24.8 Å². The second kappa shape index (κ2) is 7.70. The van der Waals surface area contributed by atoms with Gasteiger partial charge in [0.05, 0.1) is 18.8 Å². The average Bonchev–Trinajstić information content (AvgIpc) is 3.06. The number of ether oxygens (including phenoxy) is 2. The largest absolute Gasteiger partial charge is 0.379 e. The molecule has 0 aromatic heterocycles. The van der Waals surface area contributed by atoms with Gasteiger partial charge in [0.25, 0.3) is 0 Å². The fourth-order valence-corrected chi connectivity index (χ4v) is 2.99. The van der Waals surface area contributed by atoms with Gasteiger partial charge in [-0.05, 0) is 43.0 Å². The number of nitrogens with zero attached hydrogens (tertiary/aromatic N) is 1. The quantitative estimate of drug-likeness (QED) is 0.801. The summed E-state index contributed by atoms with van der Waals surface area (Å²) in [5.41, 5.74) is 0.692. The Kier molecular flexibility index (Phi) is 5.41. The van der Waals surface area contributed by atoms with Crippen LogP contribution in [0.2, 0.25) is 0 Å². The number of amides is 1. The first-order valence-corrected chi connectivity index (χ1v) is 8.16. The van der Waals surface area contributed by atoms with E-state index in [2.05, 4.69) is 0 Å². The number of likely N-dealkylation sites (tertiary alicyclic amines) is 1. The topological polar surface area (TPSA) is 38.8 Å².